The Hall–Kier alpha value is -3.95. The fourth-order valence-corrected chi connectivity index (χ4v) is 4.64. The molecule has 0 aliphatic rings. The molecule has 2 aromatic carbocycles. The van der Waals surface area contributed by atoms with E-state index in [-0.39, 0.29) is 12.3 Å². The average molecular weight is 502 g/mol. The summed E-state index contributed by atoms with van der Waals surface area (Å²) in [4.78, 5) is 30.0. The summed E-state index contributed by atoms with van der Waals surface area (Å²) in [5.41, 5.74) is 4.86. The van der Waals surface area contributed by atoms with Crippen LogP contribution in [0.3, 0.4) is 0 Å². The molecule has 8 nitrogen and oxygen atoms in total. The number of aromatic amines is 1. The number of carbonyl (C=O) groups excluding carboxylic acids is 2. The van der Waals surface area contributed by atoms with Gasteiger partial charge >= 0.3 is 0 Å². The molecule has 0 atom stereocenters. The Bertz CT molecular complexity index is 1350. The van der Waals surface area contributed by atoms with Crippen molar-refractivity contribution in [3.05, 3.63) is 83.8 Å². The number of rotatable bonds is 11. The summed E-state index contributed by atoms with van der Waals surface area (Å²) in [5, 5.41) is 20.0. The third-order valence-electron chi connectivity index (χ3n) is 5.51. The highest BCUT2D eigenvalue weighted by molar-refractivity contribution is 7.99. The van der Waals surface area contributed by atoms with Gasteiger partial charge in [-0.3, -0.25) is 24.9 Å². The van der Waals surface area contributed by atoms with E-state index in [2.05, 4.69) is 20.5 Å². The predicted octanol–water partition coefficient (Wildman–Crippen LogP) is 5.08. The molecule has 0 radical (unpaired) electrons. The summed E-state index contributed by atoms with van der Waals surface area (Å²) in [6.07, 6.45) is 8.10. The topological polar surface area (TPSA) is 120 Å². The molecular weight excluding hydrogens is 474 g/mol. The number of aromatic nitrogens is 3. The Morgan fingerprint density at radius 2 is 1.86 bits per heavy atom. The van der Waals surface area contributed by atoms with Gasteiger partial charge in [0.25, 0.3) is 5.91 Å². The molecule has 0 saturated heterocycles. The number of unbranched alkanes of at least 4 members (excludes halogenated alkanes) is 2. The van der Waals surface area contributed by atoms with Gasteiger partial charge in [-0.15, -0.1) is 0 Å². The molecule has 2 aromatic heterocycles. The maximum Gasteiger partial charge on any atom is 0.252 e. The van der Waals surface area contributed by atoms with Gasteiger partial charge in [-0.25, -0.2) is 5.48 Å². The lowest BCUT2D eigenvalue weighted by atomic mass is 10.1. The number of carbonyl (C=O) groups is 2. The Balaban J connectivity index is 1.38. The van der Waals surface area contributed by atoms with Gasteiger partial charge in [-0.1, -0.05) is 36.4 Å². The van der Waals surface area contributed by atoms with Crippen LogP contribution in [-0.2, 0) is 4.79 Å². The van der Waals surface area contributed by atoms with Crippen molar-refractivity contribution in [2.24, 2.45) is 0 Å². The van der Waals surface area contributed by atoms with Crippen LogP contribution in [-0.4, -0.2) is 38.7 Å². The van der Waals surface area contributed by atoms with E-state index >= 15 is 0 Å². The minimum Gasteiger partial charge on any atom is -0.352 e. The number of nitrogens with one attached hydrogen (secondary N) is 3. The number of pyridine rings is 1. The number of H-pyrrole nitrogens is 1. The van der Waals surface area contributed by atoms with E-state index in [4.69, 9.17) is 5.21 Å². The molecule has 9 heteroatoms. The van der Waals surface area contributed by atoms with E-state index in [0.29, 0.717) is 18.5 Å². The number of hydroxylamine groups is 1. The number of amides is 2. The first-order valence-corrected chi connectivity index (χ1v) is 12.5. The number of nitrogens with zero attached hydrogens (tertiary/aromatic N) is 2. The Morgan fingerprint density at radius 1 is 1.00 bits per heavy atom. The Morgan fingerprint density at radius 3 is 2.69 bits per heavy atom. The van der Waals surface area contributed by atoms with Crippen LogP contribution in [0.1, 0.15) is 47.4 Å². The number of benzene rings is 2. The highest BCUT2D eigenvalue weighted by Crippen LogP contribution is 2.33. The highest BCUT2D eigenvalue weighted by atomic mass is 32.2. The van der Waals surface area contributed by atoms with Crippen molar-refractivity contribution in [3.63, 3.8) is 0 Å². The first-order chi connectivity index (χ1) is 17.6. The molecule has 0 aliphatic carbocycles. The van der Waals surface area contributed by atoms with Gasteiger partial charge in [0.2, 0.25) is 5.91 Å². The van der Waals surface area contributed by atoms with Gasteiger partial charge in [0, 0.05) is 34.3 Å². The second-order valence-corrected chi connectivity index (χ2v) is 9.22. The average Bonchev–Trinajstić information content (AvgIpc) is 3.32. The zero-order chi connectivity index (χ0) is 25.2. The van der Waals surface area contributed by atoms with Crippen molar-refractivity contribution >= 4 is 46.6 Å². The van der Waals surface area contributed by atoms with Crippen LogP contribution in [0.5, 0.6) is 0 Å². The fraction of sp³-hybridized carbons (Fsp3) is 0.185. The summed E-state index contributed by atoms with van der Waals surface area (Å²) in [6.45, 7) is 0.521. The minimum atomic E-state index is -0.393. The lowest BCUT2D eigenvalue weighted by Crippen LogP contribution is -2.25. The van der Waals surface area contributed by atoms with E-state index in [0.717, 1.165) is 44.9 Å². The highest BCUT2D eigenvalue weighted by Gasteiger charge is 2.13. The maximum absolute atomic E-state index is 12.8. The summed E-state index contributed by atoms with van der Waals surface area (Å²) >= 11 is 1.53. The molecule has 2 amide bonds. The molecule has 0 spiro atoms. The number of fused-ring (bicyclic) bond motifs is 1. The molecule has 0 unspecified atom stereocenters. The van der Waals surface area contributed by atoms with Crippen LogP contribution in [0, 0.1) is 0 Å². The smallest absolute Gasteiger partial charge is 0.252 e. The van der Waals surface area contributed by atoms with Crippen LogP contribution in [0.25, 0.3) is 23.1 Å². The van der Waals surface area contributed by atoms with Gasteiger partial charge in [-0.05, 0) is 67.5 Å². The molecule has 4 aromatic rings. The number of hydrogen-bond donors (Lipinski definition) is 4. The minimum absolute atomic E-state index is 0.129. The molecule has 0 fully saturated rings. The zero-order valence-electron chi connectivity index (χ0n) is 19.6. The van der Waals surface area contributed by atoms with Crippen LogP contribution in [0.2, 0.25) is 0 Å². The van der Waals surface area contributed by atoms with Crippen molar-refractivity contribution in [2.75, 3.05) is 6.54 Å². The van der Waals surface area contributed by atoms with Crippen LogP contribution < -0.4 is 10.8 Å². The molecule has 4 rings (SSSR count). The second kappa shape index (κ2) is 12.7. The van der Waals surface area contributed by atoms with Crippen LogP contribution >= 0.6 is 11.8 Å². The summed E-state index contributed by atoms with van der Waals surface area (Å²) in [6, 6.07) is 19.4. The van der Waals surface area contributed by atoms with E-state index in [1.807, 2.05) is 72.8 Å². The molecule has 4 N–H and O–H groups in total. The van der Waals surface area contributed by atoms with Crippen LogP contribution in [0.4, 0.5) is 0 Å². The predicted molar refractivity (Wildman–Crippen MR) is 141 cm³/mol. The van der Waals surface area contributed by atoms with Gasteiger partial charge in [0.1, 0.15) is 0 Å². The van der Waals surface area contributed by atoms with Gasteiger partial charge in [0.05, 0.1) is 22.5 Å². The largest absolute Gasteiger partial charge is 0.352 e. The zero-order valence-corrected chi connectivity index (χ0v) is 20.4. The van der Waals surface area contributed by atoms with E-state index in [1.165, 1.54) is 11.8 Å². The van der Waals surface area contributed by atoms with E-state index in [9.17, 15) is 9.59 Å². The standard InChI is InChI=1S/C27H27N5O3S/c33-26(32-35)11-2-1-6-17-29-27(34)22-9-3-4-10-25(22)36-20-13-14-21-23(30-31-24(21)18-20)15-12-19-8-5-7-16-28-19/h3-5,7-10,12-16,18,35H,1-2,6,11,17H2,(H,29,34)(H,30,31)(H,32,33). The van der Waals surface area contributed by atoms with Crippen LogP contribution in [0.15, 0.2) is 76.7 Å². The first-order valence-electron chi connectivity index (χ1n) is 11.7. The monoisotopic (exact) mass is 501 g/mol. The van der Waals surface area contributed by atoms with E-state index < -0.39 is 5.91 Å². The third-order valence-corrected chi connectivity index (χ3v) is 6.58. The summed E-state index contributed by atoms with van der Waals surface area (Å²) in [5.74, 6) is -0.522. The van der Waals surface area contributed by atoms with Crippen molar-refractivity contribution in [2.45, 2.75) is 35.5 Å². The Labute approximate surface area is 213 Å². The van der Waals surface area contributed by atoms with Crippen molar-refractivity contribution in [1.29, 1.82) is 0 Å². The SMILES string of the molecule is O=C(CCCCCNC(=O)c1ccccc1Sc1ccc2c(C=Cc3ccccn3)n[nH]c2c1)NO. The molecule has 0 saturated carbocycles. The molecule has 0 aliphatic heterocycles. The van der Waals surface area contributed by atoms with Gasteiger partial charge in [0.15, 0.2) is 0 Å². The fourth-order valence-electron chi connectivity index (χ4n) is 3.66. The molecule has 36 heavy (non-hydrogen) atoms. The quantitative estimate of drug-likeness (QED) is 0.129. The Kier molecular flexibility index (Phi) is 8.85. The summed E-state index contributed by atoms with van der Waals surface area (Å²) in [7, 11) is 0. The molecule has 184 valence electrons. The van der Waals surface area contributed by atoms with Crippen molar-refractivity contribution in [3.8, 4) is 0 Å². The molecular formula is C27H27N5O3S. The molecule has 0 bridgehead atoms. The maximum atomic E-state index is 12.8. The van der Waals surface area contributed by atoms with Gasteiger partial charge in [-0.2, -0.15) is 5.10 Å². The van der Waals surface area contributed by atoms with Crippen molar-refractivity contribution < 1.29 is 14.8 Å². The summed E-state index contributed by atoms with van der Waals surface area (Å²) < 4.78 is 0. The third kappa shape index (κ3) is 6.80. The van der Waals surface area contributed by atoms with E-state index in [1.54, 1.807) is 11.7 Å². The molecule has 2 heterocycles. The lowest BCUT2D eigenvalue weighted by molar-refractivity contribution is -0.129. The lowest BCUT2D eigenvalue weighted by Gasteiger charge is -2.10. The first kappa shape index (κ1) is 25.2. The number of hydrogen-bond acceptors (Lipinski definition) is 6. The normalized spacial score (nSPS) is 11.1. The second-order valence-electron chi connectivity index (χ2n) is 8.10. The van der Waals surface area contributed by atoms with Gasteiger partial charge < -0.3 is 5.32 Å². The van der Waals surface area contributed by atoms with Crippen molar-refractivity contribution in [1.82, 2.24) is 26.0 Å².